The van der Waals surface area contributed by atoms with Crippen LogP contribution in [0, 0.1) is 0 Å². The molecule has 0 rings (SSSR count). The molecule has 0 spiro atoms. The Balaban J connectivity index is 4.26. The van der Waals surface area contributed by atoms with Crippen molar-refractivity contribution in [3.8, 4) is 0 Å². The molecule has 0 aromatic carbocycles. The third kappa shape index (κ3) is 11.7. The van der Waals surface area contributed by atoms with E-state index in [1.165, 1.54) is 0 Å². The molecule has 22 heavy (non-hydrogen) atoms. The Kier molecular flexibility index (Phi) is 8.92. The quantitative estimate of drug-likeness (QED) is 0.288. The molecular weight excluding hydrogens is 292 g/mol. The zero-order valence-corrected chi connectivity index (χ0v) is 14.9. The fourth-order valence-electron chi connectivity index (χ4n) is 0.980. The monoisotopic (exact) mass is 322 g/mol. The average Bonchev–Trinajstić information content (AvgIpc) is 2.37. The molecule has 0 aliphatic rings. The smallest absolute Gasteiger partial charge is 0.401 e. The molecule has 0 fully saturated rings. The molecule has 0 aromatic rings. The van der Waals surface area contributed by atoms with Crippen LogP contribution in [0.1, 0.15) is 68.2 Å². The second kappa shape index (κ2) is 9.29. The van der Waals surface area contributed by atoms with Gasteiger partial charge in [-0.3, -0.25) is 0 Å². The maximum Gasteiger partial charge on any atom is 0.513 e. The Morgan fingerprint density at radius 3 is 1.32 bits per heavy atom. The van der Waals surface area contributed by atoms with Crippen molar-refractivity contribution in [2.45, 2.75) is 92.0 Å². The second-order valence-corrected chi connectivity index (χ2v) is 6.75. The van der Waals surface area contributed by atoms with E-state index in [0.717, 1.165) is 0 Å². The van der Waals surface area contributed by atoms with Crippen LogP contribution in [0.25, 0.3) is 0 Å². The predicted molar refractivity (Wildman–Crippen MR) is 79.6 cm³/mol. The zero-order valence-electron chi connectivity index (χ0n) is 14.9. The molecule has 0 aliphatic heterocycles. The van der Waals surface area contributed by atoms with Crippen molar-refractivity contribution in [2.24, 2.45) is 0 Å². The van der Waals surface area contributed by atoms with E-state index in [0.29, 0.717) is 12.8 Å². The highest BCUT2D eigenvalue weighted by atomic mass is 17.2. The van der Waals surface area contributed by atoms with Crippen LogP contribution in [0.3, 0.4) is 0 Å². The normalized spacial score (nSPS) is 15.3. The highest BCUT2D eigenvalue weighted by Gasteiger charge is 2.23. The molecule has 2 unspecified atom stereocenters. The maximum atomic E-state index is 11.7. The van der Waals surface area contributed by atoms with Gasteiger partial charge in [0.1, 0.15) is 0 Å². The van der Waals surface area contributed by atoms with Crippen LogP contribution in [-0.2, 0) is 29.0 Å². The molecule has 0 amide bonds. The van der Waals surface area contributed by atoms with Crippen molar-refractivity contribution < 1.29 is 33.8 Å². The van der Waals surface area contributed by atoms with E-state index in [1.807, 2.05) is 41.5 Å². The Morgan fingerprint density at radius 1 is 0.773 bits per heavy atom. The summed E-state index contributed by atoms with van der Waals surface area (Å²) in [4.78, 5) is 32.1. The Labute approximate surface area is 133 Å². The lowest BCUT2D eigenvalue weighted by molar-refractivity contribution is -0.420. The minimum atomic E-state index is -0.909. The molecule has 0 aromatic heterocycles. The van der Waals surface area contributed by atoms with Crippen LogP contribution < -0.4 is 0 Å². The number of hydrogen-bond donors (Lipinski definition) is 0. The van der Waals surface area contributed by atoms with Gasteiger partial charge in [0.05, 0.1) is 11.2 Å². The van der Waals surface area contributed by atoms with Crippen molar-refractivity contribution in [3.05, 3.63) is 0 Å². The van der Waals surface area contributed by atoms with E-state index in [9.17, 15) is 4.79 Å². The van der Waals surface area contributed by atoms with Gasteiger partial charge in [-0.2, -0.15) is 9.78 Å². The first-order valence-corrected chi connectivity index (χ1v) is 7.53. The summed E-state index contributed by atoms with van der Waals surface area (Å²) in [5.41, 5.74) is -1.01. The first-order valence-electron chi connectivity index (χ1n) is 7.53. The van der Waals surface area contributed by atoms with Gasteiger partial charge in [-0.05, 0) is 41.5 Å². The highest BCUT2D eigenvalue weighted by Crippen LogP contribution is 2.14. The minimum Gasteiger partial charge on any atom is -0.401 e. The molecule has 0 aliphatic carbocycles. The average molecular weight is 322 g/mol. The van der Waals surface area contributed by atoms with Gasteiger partial charge in [0.2, 0.25) is 12.6 Å². The standard InChI is InChI=1S/C15H30O7/c1-9-11(19-21-14(3,4)5)17-13(16)18-12(10-2)20-22-15(6,7)8/h11-12H,9-10H2,1-8H3. The molecule has 7 heteroatoms. The third-order valence-corrected chi connectivity index (χ3v) is 1.93. The predicted octanol–water partition coefficient (Wildman–Crippen LogP) is 4.11. The topological polar surface area (TPSA) is 72.5 Å². The Hall–Kier alpha value is -0.890. The summed E-state index contributed by atoms with van der Waals surface area (Å²) in [6, 6.07) is 0. The number of carbonyl (C=O) groups is 1. The SMILES string of the molecule is CCC(OOC(C)(C)C)OC(=O)OC(CC)OOC(C)(C)C. The summed E-state index contributed by atoms with van der Waals surface area (Å²) < 4.78 is 10.0. The van der Waals surface area contributed by atoms with Crippen molar-refractivity contribution in [3.63, 3.8) is 0 Å². The number of ether oxygens (including phenoxy) is 2. The molecular formula is C15H30O7. The van der Waals surface area contributed by atoms with Gasteiger partial charge in [0.25, 0.3) is 0 Å². The van der Waals surface area contributed by atoms with E-state index >= 15 is 0 Å². The van der Waals surface area contributed by atoms with E-state index in [-0.39, 0.29) is 0 Å². The van der Waals surface area contributed by atoms with E-state index in [4.69, 9.17) is 29.0 Å². The molecule has 0 N–H and O–H groups in total. The lowest BCUT2D eigenvalue weighted by Gasteiger charge is -2.24. The van der Waals surface area contributed by atoms with Crippen molar-refractivity contribution in [1.82, 2.24) is 0 Å². The number of carbonyl (C=O) groups excluding carboxylic acids is 1. The summed E-state index contributed by atoms with van der Waals surface area (Å²) in [5, 5.41) is 0. The molecule has 7 nitrogen and oxygen atoms in total. The number of hydrogen-bond acceptors (Lipinski definition) is 7. The van der Waals surface area contributed by atoms with Crippen LogP contribution in [0.15, 0.2) is 0 Å². The molecule has 0 heterocycles. The van der Waals surface area contributed by atoms with Gasteiger partial charge >= 0.3 is 6.16 Å². The largest absolute Gasteiger partial charge is 0.513 e. The molecule has 0 saturated carbocycles. The summed E-state index contributed by atoms with van der Waals surface area (Å²) in [5.74, 6) is 0. The van der Waals surface area contributed by atoms with Gasteiger partial charge in [0.15, 0.2) is 0 Å². The van der Waals surface area contributed by atoms with Crippen LogP contribution >= 0.6 is 0 Å². The van der Waals surface area contributed by atoms with Gasteiger partial charge in [0, 0.05) is 12.8 Å². The first-order chi connectivity index (χ1) is 9.96. The second-order valence-electron chi connectivity index (χ2n) is 6.75. The molecule has 0 saturated heterocycles. The van der Waals surface area contributed by atoms with Gasteiger partial charge in [-0.25, -0.2) is 14.6 Å². The Bertz CT molecular complexity index is 287. The van der Waals surface area contributed by atoms with Crippen LogP contribution in [0.2, 0.25) is 0 Å². The third-order valence-electron chi connectivity index (χ3n) is 1.93. The summed E-state index contributed by atoms with van der Waals surface area (Å²) >= 11 is 0. The zero-order chi connectivity index (χ0) is 17.4. The fourth-order valence-corrected chi connectivity index (χ4v) is 0.980. The van der Waals surface area contributed by atoms with Crippen molar-refractivity contribution in [1.29, 1.82) is 0 Å². The molecule has 132 valence electrons. The first kappa shape index (κ1) is 21.1. The van der Waals surface area contributed by atoms with Crippen LogP contribution in [0.4, 0.5) is 4.79 Å². The minimum absolute atomic E-state index is 0.418. The van der Waals surface area contributed by atoms with E-state index in [1.54, 1.807) is 13.8 Å². The fraction of sp³-hybridized carbons (Fsp3) is 0.933. The van der Waals surface area contributed by atoms with Crippen LogP contribution in [-0.4, -0.2) is 29.9 Å². The highest BCUT2D eigenvalue weighted by molar-refractivity contribution is 5.60. The summed E-state index contributed by atoms with van der Waals surface area (Å²) in [6.45, 7) is 14.5. The lowest BCUT2D eigenvalue weighted by Crippen LogP contribution is -2.31. The lowest BCUT2D eigenvalue weighted by atomic mass is 10.2. The Morgan fingerprint density at radius 2 is 1.09 bits per heavy atom. The summed E-state index contributed by atoms with van der Waals surface area (Å²) in [7, 11) is 0. The van der Waals surface area contributed by atoms with E-state index < -0.39 is 29.9 Å². The van der Waals surface area contributed by atoms with Crippen molar-refractivity contribution >= 4 is 6.16 Å². The molecule has 2 atom stereocenters. The van der Waals surface area contributed by atoms with E-state index in [2.05, 4.69) is 0 Å². The van der Waals surface area contributed by atoms with Gasteiger partial charge in [-0.1, -0.05) is 13.8 Å². The summed E-state index contributed by atoms with van der Waals surface area (Å²) in [6.07, 6.45) is -1.78. The van der Waals surface area contributed by atoms with Gasteiger partial charge < -0.3 is 9.47 Å². The van der Waals surface area contributed by atoms with Gasteiger partial charge in [-0.15, -0.1) is 0 Å². The van der Waals surface area contributed by atoms with Crippen molar-refractivity contribution in [2.75, 3.05) is 0 Å². The number of rotatable bonds is 8. The molecule has 0 radical (unpaired) electrons. The molecule has 0 bridgehead atoms. The maximum absolute atomic E-state index is 11.7. The van der Waals surface area contributed by atoms with Crippen LogP contribution in [0.5, 0.6) is 0 Å².